The van der Waals surface area contributed by atoms with Gasteiger partial charge < -0.3 is 25.5 Å². The van der Waals surface area contributed by atoms with Crippen LogP contribution in [0.1, 0.15) is 12.8 Å². The van der Waals surface area contributed by atoms with E-state index >= 15 is 0 Å². The fourth-order valence-corrected chi connectivity index (χ4v) is 1.36. The molecule has 0 bridgehead atoms. The highest BCUT2D eigenvalue weighted by Crippen LogP contribution is 1.96. The fraction of sp³-hybridized carbons (Fsp3) is 0.600. The lowest BCUT2D eigenvalue weighted by Gasteiger charge is -2.20. The second-order valence-corrected chi connectivity index (χ2v) is 4.07. The highest BCUT2D eigenvalue weighted by atomic mass is 16.4. The molecule has 0 aliphatic carbocycles. The van der Waals surface area contributed by atoms with E-state index < -0.39 is 61.6 Å². The summed E-state index contributed by atoms with van der Waals surface area (Å²) in [7, 11) is 0. The predicted molar refractivity (Wildman–Crippen MR) is 64.5 cm³/mol. The van der Waals surface area contributed by atoms with Crippen LogP contribution in [0, 0.1) is 0 Å². The Labute approximate surface area is 118 Å². The zero-order chi connectivity index (χ0) is 16.6. The van der Waals surface area contributed by atoms with Gasteiger partial charge in [-0.15, -0.1) is 0 Å². The van der Waals surface area contributed by atoms with Gasteiger partial charge in [0.05, 0.1) is 12.8 Å². The van der Waals surface area contributed by atoms with Crippen molar-refractivity contribution in [2.75, 3.05) is 6.54 Å². The second-order valence-electron chi connectivity index (χ2n) is 4.07. The molecule has 0 saturated carbocycles. The minimum atomic E-state index is -1.57. The Morgan fingerprint density at radius 2 is 1.24 bits per heavy atom. The lowest BCUT2D eigenvalue weighted by atomic mass is 10.2. The summed E-state index contributed by atoms with van der Waals surface area (Å²) in [6.45, 7) is -0.479. The quantitative estimate of drug-likeness (QED) is 0.197. The SMILES string of the molecule is O=C(O)CC(NCC(O)NC(CC(=O)O)C(=O)O)C(=O)O. The number of aliphatic hydroxyl groups is 1. The molecule has 3 atom stereocenters. The van der Waals surface area contributed by atoms with E-state index in [1.54, 1.807) is 0 Å². The number of hydrogen-bond acceptors (Lipinski definition) is 7. The average molecular weight is 308 g/mol. The number of carboxylic acids is 4. The molecule has 3 unspecified atom stereocenters. The van der Waals surface area contributed by atoms with Gasteiger partial charge in [-0.2, -0.15) is 0 Å². The first-order valence-electron chi connectivity index (χ1n) is 5.70. The third kappa shape index (κ3) is 8.52. The third-order valence-corrected chi connectivity index (χ3v) is 2.30. The van der Waals surface area contributed by atoms with Gasteiger partial charge in [0.1, 0.15) is 18.3 Å². The summed E-state index contributed by atoms with van der Waals surface area (Å²) in [6, 6.07) is -3.04. The minimum absolute atomic E-state index is 0.479. The molecule has 11 nitrogen and oxygen atoms in total. The molecule has 0 aromatic heterocycles. The number of hydrogen-bond donors (Lipinski definition) is 7. The molecule has 0 spiro atoms. The smallest absolute Gasteiger partial charge is 0.321 e. The average Bonchev–Trinajstić information content (AvgIpc) is 2.32. The van der Waals surface area contributed by atoms with E-state index in [9.17, 15) is 24.3 Å². The van der Waals surface area contributed by atoms with Crippen LogP contribution in [0.2, 0.25) is 0 Å². The third-order valence-electron chi connectivity index (χ3n) is 2.30. The topological polar surface area (TPSA) is 193 Å². The molecular formula is C10H16N2O9. The Balaban J connectivity index is 4.42. The zero-order valence-corrected chi connectivity index (χ0v) is 10.7. The Bertz CT molecular complexity index is 411. The maximum absolute atomic E-state index is 10.7. The first-order chi connectivity index (χ1) is 9.63. The monoisotopic (exact) mass is 308 g/mol. The molecule has 0 saturated heterocycles. The van der Waals surface area contributed by atoms with E-state index in [0.717, 1.165) is 0 Å². The van der Waals surface area contributed by atoms with Crippen molar-refractivity contribution in [1.29, 1.82) is 0 Å². The van der Waals surface area contributed by atoms with Gasteiger partial charge >= 0.3 is 23.9 Å². The van der Waals surface area contributed by atoms with E-state index in [4.69, 9.17) is 20.4 Å². The van der Waals surface area contributed by atoms with Crippen molar-refractivity contribution < 1.29 is 44.7 Å². The van der Waals surface area contributed by atoms with Gasteiger partial charge in [-0.05, 0) is 0 Å². The summed E-state index contributed by atoms with van der Waals surface area (Å²) in [5.41, 5.74) is 0. The largest absolute Gasteiger partial charge is 0.481 e. The molecule has 0 heterocycles. The molecule has 0 aliphatic rings. The summed E-state index contributed by atoms with van der Waals surface area (Å²) in [4.78, 5) is 42.3. The van der Waals surface area contributed by atoms with Crippen LogP contribution >= 0.6 is 0 Å². The number of aliphatic hydroxyl groups excluding tert-OH is 1. The molecule has 0 amide bonds. The standard InChI is InChI=1S/C10H16N2O9/c13-6(12-5(10(20)21)2-8(16)17)3-11-4(9(18)19)1-7(14)15/h4-6,11-13H,1-3H2,(H,14,15)(H,16,17)(H,18,19)(H,20,21). The van der Waals surface area contributed by atoms with Gasteiger partial charge in [-0.1, -0.05) is 0 Å². The molecule has 0 aliphatic heterocycles. The van der Waals surface area contributed by atoms with Gasteiger partial charge in [0, 0.05) is 6.54 Å². The van der Waals surface area contributed by atoms with E-state index in [0.29, 0.717) is 0 Å². The molecule has 11 heteroatoms. The minimum Gasteiger partial charge on any atom is -0.481 e. The van der Waals surface area contributed by atoms with Gasteiger partial charge in [0.2, 0.25) is 0 Å². The molecule has 0 rings (SSSR count). The van der Waals surface area contributed by atoms with Gasteiger partial charge in [-0.25, -0.2) is 0 Å². The number of carboxylic acid groups (broad SMARTS) is 4. The highest BCUT2D eigenvalue weighted by molar-refractivity contribution is 5.81. The summed E-state index contributed by atoms with van der Waals surface area (Å²) >= 11 is 0. The highest BCUT2D eigenvalue weighted by Gasteiger charge is 2.25. The van der Waals surface area contributed by atoms with E-state index in [1.165, 1.54) is 0 Å². The van der Waals surface area contributed by atoms with Crippen molar-refractivity contribution in [1.82, 2.24) is 10.6 Å². The van der Waals surface area contributed by atoms with Crippen LogP contribution in [-0.2, 0) is 19.2 Å². The second kappa shape index (κ2) is 8.84. The van der Waals surface area contributed by atoms with Gasteiger partial charge in [0.25, 0.3) is 0 Å². The Morgan fingerprint density at radius 3 is 1.62 bits per heavy atom. The first kappa shape index (κ1) is 18.8. The Kier molecular flexibility index (Phi) is 7.89. The number of aliphatic carboxylic acids is 4. The molecule has 7 N–H and O–H groups in total. The van der Waals surface area contributed by atoms with Crippen molar-refractivity contribution in [3.63, 3.8) is 0 Å². The molecule has 0 aromatic carbocycles. The van der Waals surface area contributed by atoms with Crippen LogP contribution in [0.3, 0.4) is 0 Å². The number of rotatable bonds is 11. The van der Waals surface area contributed by atoms with Gasteiger partial charge in [0.15, 0.2) is 0 Å². The molecule has 21 heavy (non-hydrogen) atoms. The van der Waals surface area contributed by atoms with E-state index in [1.807, 2.05) is 0 Å². The van der Waals surface area contributed by atoms with E-state index in [-0.39, 0.29) is 0 Å². The Morgan fingerprint density at radius 1 is 0.810 bits per heavy atom. The lowest BCUT2D eigenvalue weighted by Crippen LogP contribution is -2.51. The predicted octanol–water partition coefficient (Wildman–Crippen LogP) is -2.66. The summed E-state index contributed by atoms with van der Waals surface area (Å²) in [5, 5.41) is 48.2. The molecule has 0 radical (unpaired) electrons. The fourth-order valence-electron chi connectivity index (χ4n) is 1.36. The van der Waals surface area contributed by atoms with Crippen molar-refractivity contribution >= 4 is 23.9 Å². The van der Waals surface area contributed by atoms with E-state index in [2.05, 4.69) is 10.6 Å². The molecule has 0 aromatic rings. The Hall–Kier alpha value is -2.24. The van der Waals surface area contributed by atoms with Crippen molar-refractivity contribution in [3.05, 3.63) is 0 Å². The van der Waals surface area contributed by atoms with Crippen LogP contribution in [0.15, 0.2) is 0 Å². The maximum atomic E-state index is 10.7. The number of nitrogens with one attached hydrogen (secondary N) is 2. The van der Waals surface area contributed by atoms with Crippen LogP contribution in [0.25, 0.3) is 0 Å². The number of carbonyl (C=O) groups is 4. The zero-order valence-electron chi connectivity index (χ0n) is 10.7. The van der Waals surface area contributed by atoms with Crippen molar-refractivity contribution in [3.8, 4) is 0 Å². The van der Waals surface area contributed by atoms with Crippen LogP contribution < -0.4 is 10.6 Å². The molecule has 120 valence electrons. The van der Waals surface area contributed by atoms with Crippen LogP contribution in [0.4, 0.5) is 0 Å². The molecular weight excluding hydrogens is 292 g/mol. The molecule has 0 fully saturated rings. The normalized spacial score (nSPS) is 14.9. The summed E-state index contributed by atoms with van der Waals surface area (Å²) in [5.74, 6) is -5.72. The van der Waals surface area contributed by atoms with Crippen LogP contribution in [-0.4, -0.2) is 74.3 Å². The summed E-state index contributed by atoms with van der Waals surface area (Å²) in [6.07, 6.45) is -3.09. The lowest BCUT2D eigenvalue weighted by molar-refractivity contribution is -0.147. The summed E-state index contributed by atoms with van der Waals surface area (Å²) < 4.78 is 0. The van der Waals surface area contributed by atoms with Crippen LogP contribution in [0.5, 0.6) is 0 Å². The van der Waals surface area contributed by atoms with Gasteiger partial charge in [-0.3, -0.25) is 29.8 Å². The van der Waals surface area contributed by atoms with Crippen molar-refractivity contribution in [2.24, 2.45) is 0 Å². The maximum Gasteiger partial charge on any atom is 0.321 e. The van der Waals surface area contributed by atoms with Crippen molar-refractivity contribution in [2.45, 2.75) is 31.2 Å². The first-order valence-corrected chi connectivity index (χ1v) is 5.70.